The Morgan fingerprint density at radius 1 is 1.35 bits per heavy atom. The molecule has 6 heteroatoms. The zero-order valence-electron chi connectivity index (χ0n) is 13.4. The molecule has 2 N–H and O–H groups in total. The Morgan fingerprint density at radius 3 is 2.52 bits per heavy atom. The summed E-state index contributed by atoms with van der Waals surface area (Å²) >= 11 is 0. The van der Waals surface area contributed by atoms with E-state index in [9.17, 15) is 14.4 Å². The first-order chi connectivity index (χ1) is 10.9. The molecule has 2 atom stereocenters. The van der Waals surface area contributed by atoms with Crippen LogP contribution in [0.25, 0.3) is 0 Å². The summed E-state index contributed by atoms with van der Waals surface area (Å²) in [6, 6.07) is 6.90. The topological polar surface area (TPSA) is 86.7 Å². The standard InChI is InChI=1S/C17H22N2O4/c1-3-11(2)8-15(20)18-13-4-6-14(7-5-13)19-10-12(17(22)23)9-16(19)21/h4-7,11-12H,3,8-10H2,1-2H3,(H,18,20)(H,22,23)/t11-,12-/m1/s1. The maximum Gasteiger partial charge on any atom is 0.308 e. The SMILES string of the molecule is CC[C@@H](C)CC(=O)Nc1ccc(N2C[C@H](C(=O)O)CC2=O)cc1. The fourth-order valence-corrected chi connectivity index (χ4v) is 2.52. The Morgan fingerprint density at radius 2 is 2.00 bits per heavy atom. The molecule has 1 aromatic rings. The van der Waals surface area contributed by atoms with Gasteiger partial charge in [-0.2, -0.15) is 0 Å². The van der Waals surface area contributed by atoms with Crippen molar-refractivity contribution >= 4 is 29.2 Å². The first kappa shape index (κ1) is 17.0. The second-order valence-electron chi connectivity index (χ2n) is 6.06. The predicted molar refractivity (Wildman–Crippen MR) is 87.2 cm³/mol. The van der Waals surface area contributed by atoms with Crippen molar-refractivity contribution in [2.24, 2.45) is 11.8 Å². The third kappa shape index (κ3) is 4.31. The first-order valence-corrected chi connectivity index (χ1v) is 7.83. The maximum atomic E-state index is 11.9. The summed E-state index contributed by atoms with van der Waals surface area (Å²) in [7, 11) is 0. The van der Waals surface area contributed by atoms with Gasteiger partial charge in [0.1, 0.15) is 0 Å². The summed E-state index contributed by atoms with van der Waals surface area (Å²) in [6.07, 6.45) is 1.46. The van der Waals surface area contributed by atoms with Gasteiger partial charge in [-0.25, -0.2) is 0 Å². The highest BCUT2D eigenvalue weighted by molar-refractivity contribution is 5.99. The van der Waals surface area contributed by atoms with Crippen molar-refractivity contribution in [1.29, 1.82) is 0 Å². The summed E-state index contributed by atoms with van der Waals surface area (Å²) < 4.78 is 0. The number of amides is 2. The van der Waals surface area contributed by atoms with Crippen LogP contribution in [0.3, 0.4) is 0 Å². The summed E-state index contributed by atoms with van der Waals surface area (Å²) in [4.78, 5) is 36.2. The highest BCUT2D eigenvalue weighted by Gasteiger charge is 2.34. The van der Waals surface area contributed by atoms with Gasteiger partial charge in [-0.15, -0.1) is 0 Å². The third-order valence-electron chi connectivity index (χ3n) is 4.17. The molecule has 0 spiro atoms. The number of nitrogens with one attached hydrogen (secondary N) is 1. The second-order valence-corrected chi connectivity index (χ2v) is 6.06. The molecule has 0 aromatic heterocycles. The molecule has 124 valence electrons. The van der Waals surface area contributed by atoms with Gasteiger partial charge < -0.3 is 15.3 Å². The van der Waals surface area contributed by atoms with Crippen LogP contribution in [-0.4, -0.2) is 29.4 Å². The van der Waals surface area contributed by atoms with Gasteiger partial charge in [-0.3, -0.25) is 14.4 Å². The molecule has 1 heterocycles. The van der Waals surface area contributed by atoms with Crippen LogP contribution in [0, 0.1) is 11.8 Å². The zero-order chi connectivity index (χ0) is 17.0. The Labute approximate surface area is 135 Å². The average molecular weight is 318 g/mol. The van der Waals surface area contributed by atoms with Gasteiger partial charge in [-0.05, 0) is 30.2 Å². The van der Waals surface area contributed by atoms with Crippen molar-refractivity contribution in [1.82, 2.24) is 0 Å². The number of benzene rings is 1. The first-order valence-electron chi connectivity index (χ1n) is 7.83. The number of carboxylic acid groups (broad SMARTS) is 1. The molecule has 0 bridgehead atoms. The number of carbonyl (C=O) groups excluding carboxylic acids is 2. The van der Waals surface area contributed by atoms with Gasteiger partial charge in [-0.1, -0.05) is 20.3 Å². The lowest BCUT2D eigenvalue weighted by molar-refractivity contribution is -0.141. The highest BCUT2D eigenvalue weighted by atomic mass is 16.4. The fourth-order valence-electron chi connectivity index (χ4n) is 2.52. The summed E-state index contributed by atoms with van der Waals surface area (Å²) in [5.41, 5.74) is 1.32. The minimum Gasteiger partial charge on any atom is -0.481 e. The Balaban J connectivity index is 1.98. The zero-order valence-corrected chi connectivity index (χ0v) is 13.4. The molecule has 0 saturated carbocycles. The Hall–Kier alpha value is -2.37. The van der Waals surface area contributed by atoms with E-state index in [0.717, 1.165) is 6.42 Å². The molecule has 6 nitrogen and oxygen atoms in total. The predicted octanol–water partition coefficient (Wildman–Crippen LogP) is 2.50. The van der Waals surface area contributed by atoms with Gasteiger partial charge >= 0.3 is 5.97 Å². The van der Waals surface area contributed by atoms with Crippen LogP contribution in [0.1, 0.15) is 33.1 Å². The number of anilines is 2. The van der Waals surface area contributed by atoms with Gasteiger partial charge in [0.25, 0.3) is 0 Å². The lowest BCUT2D eigenvalue weighted by atomic mass is 10.1. The van der Waals surface area contributed by atoms with Crippen molar-refractivity contribution < 1.29 is 19.5 Å². The Bertz CT molecular complexity index is 597. The third-order valence-corrected chi connectivity index (χ3v) is 4.17. The molecular weight excluding hydrogens is 296 g/mol. The quantitative estimate of drug-likeness (QED) is 0.843. The van der Waals surface area contributed by atoms with Crippen LogP contribution >= 0.6 is 0 Å². The molecule has 1 saturated heterocycles. The molecule has 1 aromatic carbocycles. The molecule has 1 aliphatic heterocycles. The van der Waals surface area contributed by atoms with E-state index in [1.54, 1.807) is 24.3 Å². The van der Waals surface area contributed by atoms with Crippen LogP contribution in [0.2, 0.25) is 0 Å². The van der Waals surface area contributed by atoms with Crippen LogP contribution in [0.5, 0.6) is 0 Å². The fraction of sp³-hybridized carbons (Fsp3) is 0.471. The number of carboxylic acids is 1. The summed E-state index contributed by atoms with van der Waals surface area (Å²) in [6.45, 7) is 4.26. The van der Waals surface area contributed by atoms with E-state index >= 15 is 0 Å². The monoisotopic (exact) mass is 318 g/mol. The molecule has 0 radical (unpaired) electrons. The smallest absolute Gasteiger partial charge is 0.308 e. The highest BCUT2D eigenvalue weighted by Crippen LogP contribution is 2.26. The normalized spacial score (nSPS) is 18.8. The molecule has 23 heavy (non-hydrogen) atoms. The second kappa shape index (κ2) is 7.26. The molecule has 0 unspecified atom stereocenters. The van der Waals surface area contributed by atoms with Crippen LogP contribution < -0.4 is 10.2 Å². The number of aliphatic carboxylic acids is 1. The van der Waals surface area contributed by atoms with Gasteiger partial charge in [0.2, 0.25) is 11.8 Å². The lowest BCUT2D eigenvalue weighted by Gasteiger charge is -2.17. The minimum absolute atomic E-state index is 0.0305. The molecule has 0 aliphatic carbocycles. The van der Waals surface area contributed by atoms with Crippen LogP contribution in [0.15, 0.2) is 24.3 Å². The number of hydrogen-bond donors (Lipinski definition) is 2. The van der Waals surface area contributed by atoms with Crippen molar-refractivity contribution in [3.05, 3.63) is 24.3 Å². The van der Waals surface area contributed by atoms with Crippen molar-refractivity contribution in [2.75, 3.05) is 16.8 Å². The number of carbonyl (C=O) groups is 3. The molecule has 2 rings (SSSR count). The van der Waals surface area contributed by atoms with E-state index in [2.05, 4.69) is 5.32 Å². The number of nitrogens with zero attached hydrogens (tertiary/aromatic N) is 1. The summed E-state index contributed by atoms with van der Waals surface area (Å²) in [5.74, 6) is -1.49. The average Bonchev–Trinajstić information content (AvgIpc) is 2.90. The minimum atomic E-state index is -0.949. The van der Waals surface area contributed by atoms with Gasteiger partial charge in [0, 0.05) is 30.8 Å². The van der Waals surface area contributed by atoms with Gasteiger partial charge in [0.15, 0.2) is 0 Å². The molecule has 1 aliphatic rings. The van der Waals surface area contributed by atoms with E-state index < -0.39 is 11.9 Å². The van der Waals surface area contributed by atoms with Crippen molar-refractivity contribution in [3.8, 4) is 0 Å². The van der Waals surface area contributed by atoms with E-state index in [1.807, 2.05) is 13.8 Å². The number of hydrogen-bond acceptors (Lipinski definition) is 3. The maximum absolute atomic E-state index is 11.9. The van der Waals surface area contributed by atoms with E-state index in [0.29, 0.717) is 23.7 Å². The van der Waals surface area contributed by atoms with Crippen molar-refractivity contribution in [2.45, 2.75) is 33.1 Å². The van der Waals surface area contributed by atoms with E-state index in [-0.39, 0.29) is 24.8 Å². The van der Waals surface area contributed by atoms with E-state index in [4.69, 9.17) is 5.11 Å². The van der Waals surface area contributed by atoms with Crippen molar-refractivity contribution in [3.63, 3.8) is 0 Å². The van der Waals surface area contributed by atoms with E-state index in [1.165, 1.54) is 4.90 Å². The Kier molecular flexibility index (Phi) is 5.36. The number of rotatable bonds is 6. The van der Waals surface area contributed by atoms with Gasteiger partial charge in [0.05, 0.1) is 5.92 Å². The summed E-state index contributed by atoms with van der Waals surface area (Å²) in [5, 5.41) is 11.8. The largest absolute Gasteiger partial charge is 0.481 e. The lowest BCUT2D eigenvalue weighted by Crippen LogP contribution is -2.25. The molecule has 1 fully saturated rings. The molecular formula is C17H22N2O4. The van der Waals surface area contributed by atoms with Crippen LogP contribution in [-0.2, 0) is 14.4 Å². The van der Waals surface area contributed by atoms with Crippen LogP contribution in [0.4, 0.5) is 11.4 Å². The molecule has 2 amide bonds.